The SMILES string of the molecule is CCc1c(C(C)(C)O)cc(OC)c(OC)c1Cl. The van der Waals surface area contributed by atoms with Crippen LogP contribution >= 0.6 is 11.6 Å². The standard InChI is InChI=1S/C13H19ClO3/c1-6-8-9(13(2,3)15)7-10(16-4)12(17-5)11(8)14/h7,15H,6H2,1-5H3. The first-order valence-corrected chi connectivity index (χ1v) is 5.90. The number of halogens is 1. The summed E-state index contributed by atoms with van der Waals surface area (Å²) in [5, 5.41) is 10.7. The Morgan fingerprint density at radius 2 is 1.88 bits per heavy atom. The van der Waals surface area contributed by atoms with Crippen molar-refractivity contribution in [3.05, 3.63) is 22.2 Å². The van der Waals surface area contributed by atoms with E-state index in [1.165, 1.54) is 0 Å². The van der Waals surface area contributed by atoms with Gasteiger partial charge in [0.15, 0.2) is 11.5 Å². The molecule has 1 rings (SSSR count). The lowest BCUT2D eigenvalue weighted by Crippen LogP contribution is -2.18. The molecule has 0 heterocycles. The Morgan fingerprint density at radius 3 is 2.24 bits per heavy atom. The normalized spacial score (nSPS) is 11.5. The van der Waals surface area contributed by atoms with Gasteiger partial charge in [-0.3, -0.25) is 0 Å². The monoisotopic (exact) mass is 258 g/mol. The van der Waals surface area contributed by atoms with E-state index in [1.807, 2.05) is 6.92 Å². The van der Waals surface area contributed by atoms with Crippen molar-refractivity contribution < 1.29 is 14.6 Å². The van der Waals surface area contributed by atoms with Gasteiger partial charge in [0.1, 0.15) is 0 Å². The van der Waals surface area contributed by atoms with E-state index < -0.39 is 5.60 Å². The second-order valence-electron chi connectivity index (χ2n) is 4.36. The topological polar surface area (TPSA) is 38.7 Å². The van der Waals surface area contributed by atoms with Gasteiger partial charge in [0.05, 0.1) is 24.8 Å². The average Bonchev–Trinajstić information content (AvgIpc) is 2.26. The molecule has 1 aromatic rings. The van der Waals surface area contributed by atoms with E-state index >= 15 is 0 Å². The molecule has 0 saturated heterocycles. The van der Waals surface area contributed by atoms with Gasteiger partial charge in [-0.25, -0.2) is 0 Å². The van der Waals surface area contributed by atoms with Crippen molar-refractivity contribution in [2.45, 2.75) is 32.8 Å². The summed E-state index contributed by atoms with van der Waals surface area (Å²) >= 11 is 6.29. The first-order chi connectivity index (χ1) is 7.86. The molecule has 0 aliphatic carbocycles. The summed E-state index contributed by atoms with van der Waals surface area (Å²) in [5.41, 5.74) is 0.689. The number of rotatable bonds is 4. The summed E-state index contributed by atoms with van der Waals surface area (Å²) in [6.07, 6.45) is 0.721. The van der Waals surface area contributed by atoms with Crippen LogP contribution in [0.5, 0.6) is 11.5 Å². The molecule has 0 fully saturated rings. The van der Waals surface area contributed by atoms with Crippen LogP contribution in [-0.4, -0.2) is 19.3 Å². The molecule has 0 spiro atoms. The zero-order valence-electron chi connectivity index (χ0n) is 10.9. The maximum absolute atomic E-state index is 10.2. The molecule has 4 heteroatoms. The number of methoxy groups -OCH3 is 2. The van der Waals surface area contributed by atoms with Crippen LogP contribution in [-0.2, 0) is 12.0 Å². The van der Waals surface area contributed by atoms with E-state index in [2.05, 4.69) is 0 Å². The molecule has 0 aliphatic heterocycles. The lowest BCUT2D eigenvalue weighted by atomic mass is 9.91. The molecular weight excluding hydrogens is 240 g/mol. The Morgan fingerprint density at radius 1 is 1.29 bits per heavy atom. The highest BCUT2D eigenvalue weighted by molar-refractivity contribution is 6.33. The second-order valence-corrected chi connectivity index (χ2v) is 4.74. The van der Waals surface area contributed by atoms with Crippen molar-refractivity contribution in [3.8, 4) is 11.5 Å². The first-order valence-electron chi connectivity index (χ1n) is 5.53. The summed E-state index contributed by atoms with van der Waals surface area (Å²) < 4.78 is 10.5. The molecule has 3 nitrogen and oxygen atoms in total. The highest BCUT2D eigenvalue weighted by atomic mass is 35.5. The van der Waals surface area contributed by atoms with E-state index in [4.69, 9.17) is 21.1 Å². The average molecular weight is 259 g/mol. The van der Waals surface area contributed by atoms with E-state index in [0.717, 1.165) is 17.5 Å². The van der Waals surface area contributed by atoms with Crippen molar-refractivity contribution in [2.24, 2.45) is 0 Å². The van der Waals surface area contributed by atoms with Crippen LogP contribution < -0.4 is 9.47 Å². The molecule has 1 aromatic carbocycles. The fourth-order valence-electron chi connectivity index (χ4n) is 1.88. The zero-order valence-corrected chi connectivity index (χ0v) is 11.7. The van der Waals surface area contributed by atoms with Gasteiger partial charge in [0.25, 0.3) is 0 Å². The largest absolute Gasteiger partial charge is 0.493 e. The molecule has 1 N–H and O–H groups in total. The number of hydrogen-bond acceptors (Lipinski definition) is 3. The minimum Gasteiger partial charge on any atom is -0.493 e. The number of benzene rings is 1. The maximum atomic E-state index is 10.2. The molecule has 0 amide bonds. The lowest BCUT2D eigenvalue weighted by molar-refractivity contribution is 0.0773. The van der Waals surface area contributed by atoms with Crippen LogP contribution in [0.3, 0.4) is 0 Å². The summed E-state index contributed by atoms with van der Waals surface area (Å²) in [6, 6.07) is 1.78. The maximum Gasteiger partial charge on any atom is 0.179 e. The van der Waals surface area contributed by atoms with E-state index in [0.29, 0.717) is 16.5 Å². The molecule has 17 heavy (non-hydrogen) atoms. The second kappa shape index (κ2) is 5.15. The predicted molar refractivity (Wildman–Crippen MR) is 69.2 cm³/mol. The minimum atomic E-state index is -0.964. The summed E-state index contributed by atoms with van der Waals surface area (Å²) in [5.74, 6) is 1.05. The van der Waals surface area contributed by atoms with Gasteiger partial charge in [-0.15, -0.1) is 0 Å². The minimum absolute atomic E-state index is 0.506. The Hall–Kier alpha value is -0.930. The van der Waals surface area contributed by atoms with E-state index in [9.17, 15) is 5.11 Å². The molecule has 0 aliphatic rings. The van der Waals surface area contributed by atoms with Crippen molar-refractivity contribution >= 4 is 11.6 Å². The summed E-state index contributed by atoms with van der Waals surface area (Å²) in [4.78, 5) is 0. The van der Waals surface area contributed by atoms with E-state index in [-0.39, 0.29) is 0 Å². The molecular formula is C13H19ClO3. The molecule has 0 unspecified atom stereocenters. The Labute approximate surface area is 107 Å². The summed E-state index contributed by atoms with van der Waals surface area (Å²) in [7, 11) is 3.10. The van der Waals surface area contributed by atoms with Crippen molar-refractivity contribution in [3.63, 3.8) is 0 Å². The van der Waals surface area contributed by atoms with Gasteiger partial charge >= 0.3 is 0 Å². The van der Waals surface area contributed by atoms with E-state index in [1.54, 1.807) is 34.1 Å². The van der Waals surface area contributed by atoms with Crippen molar-refractivity contribution in [2.75, 3.05) is 14.2 Å². The van der Waals surface area contributed by atoms with Gasteiger partial charge < -0.3 is 14.6 Å². The van der Waals surface area contributed by atoms with Crippen LogP contribution in [0.4, 0.5) is 0 Å². The summed E-state index contributed by atoms with van der Waals surface area (Å²) in [6.45, 7) is 5.44. The third-order valence-electron chi connectivity index (χ3n) is 2.73. The first kappa shape index (κ1) is 14.1. The quantitative estimate of drug-likeness (QED) is 0.902. The molecule has 0 aromatic heterocycles. The van der Waals surface area contributed by atoms with Crippen LogP contribution in [0.15, 0.2) is 6.07 Å². The van der Waals surface area contributed by atoms with Crippen molar-refractivity contribution in [1.82, 2.24) is 0 Å². The van der Waals surface area contributed by atoms with Gasteiger partial charge in [-0.05, 0) is 37.5 Å². The lowest BCUT2D eigenvalue weighted by Gasteiger charge is -2.24. The molecule has 0 saturated carbocycles. The number of ether oxygens (including phenoxy) is 2. The smallest absolute Gasteiger partial charge is 0.179 e. The van der Waals surface area contributed by atoms with Gasteiger partial charge in [-0.2, -0.15) is 0 Å². The Balaban J connectivity index is 3.57. The number of aliphatic hydroxyl groups is 1. The van der Waals surface area contributed by atoms with Crippen LogP contribution in [0, 0.1) is 0 Å². The number of hydrogen-bond donors (Lipinski definition) is 1. The van der Waals surface area contributed by atoms with Gasteiger partial charge in [0, 0.05) is 0 Å². The van der Waals surface area contributed by atoms with Crippen LogP contribution in [0.1, 0.15) is 31.9 Å². The molecule has 0 atom stereocenters. The molecule has 0 bridgehead atoms. The third kappa shape index (κ3) is 2.67. The van der Waals surface area contributed by atoms with Crippen LogP contribution in [0.25, 0.3) is 0 Å². The third-order valence-corrected chi connectivity index (χ3v) is 3.13. The fraction of sp³-hybridized carbons (Fsp3) is 0.538. The van der Waals surface area contributed by atoms with Gasteiger partial charge in [0.2, 0.25) is 0 Å². The Kier molecular flexibility index (Phi) is 4.28. The Bertz CT molecular complexity index is 408. The predicted octanol–water partition coefficient (Wildman–Crippen LogP) is 3.15. The highest BCUT2D eigenvalue weighted by Crippen LogP contribution is 2.42. The van der Waals surface area contributed by atoms with Crippen molar-refractivity contribution in [1.29, 1.82) is 0 Å². The fourth-order valence-corrected chi connectivity index (χ4v) is 2.29. The molecule has 0 radical (unpaired) electrons. The highest BCUT2D eigenvalue weighted by Gasteiger charge is 2.25. The van der Waals surface area contributed by atoms with Crippen LogP contribution in [0.2, 0.25) is 5.02 Å². The molecule has 96 valence electrons. The van der Waals surface area contributed by atoms with Gasteiger partial charge in [-0.1, -0.05) is 18.5 Å². The zero-order chi connectivity index (χ0) is 13.2.